The van der Waals surface area contributed by atoms with E-state index in [1.807, 2.05) is 60.7 Å². The lowest BCUT2D eigenvalue weighted by Gasteiger charge is -2.16. The van der Waals surface area contributed by atoms with Gasteiger partial charge >= 0.3 is 0 Å². The molecule has 1 aliphatic carbocycles. The summed E-state index contributed by atoms with van der Waals surface area (Å²) in [5, 5.41) is 0.705. The molecule has 168 valence electrons. The van der Waals surface area contributed by atoms with E-state index in [0.29, 0.717) is 17.4 Å². The molecule has 0 radical (unpaired) electrons. The smallest absolute Gasteiger partial charge is 0.130 e. The van der Waals surface area contributed by atoms with E-state index in [4.69, 9.17) is 22.1 Å². The van der Waals surface area contributed by atoms with Gasteiger partial charge in [0.25, 0.3) is 0 Å². The van der Waals surface area contributed by atoms with Gasteiger partial charge in [0.05, 0.1) is 17.9 Å². The topological polar surface area (TPSA) is 66.0 Å². The molecule has 0 amide bonds. The fourth-order valence-electron chi connectivity index (χ4n) is 3.98. The van der Waals surface area contributed by atoms with Gasteiger partial charge in [0, 0.05) is 28.7 Å². The van der Waals surface area contributed by atoms with Gasteiger partial charge in [-0.05, 0) is 66.6 Å². The Morgan fingerprint density at radius 2 is 1.74 bits per heavy atom. The number of nitrogens with zero attached hydrogens (tertiary/aromatic N) is 3. The molecule has 1 aromatic carbocycles. The fraction of sp³-hybridized carbons (Fsp3) is 0.0714. The van der Waals surface area contributed by atoms with Crippen LogP contribution in [-0.2, 0) is 6.54 Å². The average Bonchev–Trinajstić information content (AvgIpc) is 3.10. The van der Waals surface area contributed by atoms with E-state index < -0.39 is 0 Å². The monoisotopic (exact) mass is 466 g/mol. The third kappa shape index (κ3) is 4.80. The van der Waals surface area contributed by atoms with Crippen molar-refractivity contribution in [2.45, 2.75) is 13.0 Å². The largest absolute Gasteiger partial charge is 0.457 e. The summed E-state index contributed by atoms with van der Waals surface area (Å²) in [5.41, 5.74) is 11.1. The van der Waals surface area contributed by atoms with Crippen LogP contribution < -0.4 is 10.5 Å². The first kappa shape index (κ1) is 21.7. The number of aromatic nitrogens is 3. The number of nitrogen functional groups attached to an aromatic ring is 1. The first-order valence-corrected chi connectivity index (χ1v) is 11.4. The van der Waals surface area contributed by atoms with Crippen LogP contribution in [0, 0.1) is 0 Å². The minimum atomic E-state index is 0.503. The van der Waals surface area contributed by atoms with Crippen LogP contribution in [0.5, 0.6) is 5.75 Å². The van der Waals surface area contributed by atoms with Crippen LogP contribution in [-0.4, -0.2) is 14.5 Å². The summed E-state index contributed by atoms with van der Waals surface area (Å²) < 4.78 is 8.23. The Bertz CT molecular complexity index is 1400. The first-order valence-electron chi connectivity index (χ1n) is 11.0. The predicted octanol–water partition coefficient (Wildman–Crippen LogP) is 6.54. The molecular weight excluding hydrogens is 444 g/mol. The van der Waals surface area contributed by atoms with Gasteiger partial charge in [-0.2, -0.15) is 0 Å². The van der Waals surface area contributed by atoms with Crippen LogP contribution in [0.15, 0.2) is 109 Å². The molecule has 3 heterocycles. The van der Waals surface area contributed by atoms with Crippen LogP contribution in [0.25, 0.3) is 16.8 Å². The number of benzene rings is 1. The Kier molecular flexibility index (Phi) is 6.27. The van der Waals surface area contributed by atoms with Crippen molar-refractivity contribution in [2.75, 3.05) is 5.73 Å². The summed E-state index contributed by atoms with van der Waals surface area (Å²) in [7, 11) is 0. The molecule has 3 aromatic heterocycles. The lowest BCUT2D eigenvalue weighted by molar-refractivity contribution is 0.444. The van der Waals surface area contributed by atoms with Crippen molar-refractivity contribution in [2.24, 2.45) is 0 Å². The SMILES string of the molecule is Nc1cccc(Cn2c(C3=CC=C(Oc4ccncc4)C=CC3)ccc2-c2ccccc2Cl)n1. The second-order valence-electron chi connectivity index (χ2n) is 7.88. The zero-order valence-corrected chi connectivity index (χ0v) is 19.2. The van der Waals surface area contributed by atoms with Gasteiger partial charge in [-0.3, -0.25) is 4.98 Å². The van der Waals surface area contributed by atoms with Crippen LogP contribution in [0.3, 0.4) is 0 Å². The van der Waals surface area contributed by atoms with Crippen molar-refractivity contribution in [1.29, 1.82) is 0 Å². The summed E-state index contributed by atoms with van der Waals surface area (Å²) in [6.07, 6.45) is 12.4. The molecule has 5 nitrogen and oxygen atoms in total. The van der Waals surface area contributed by atoms with E-state index in [2.05, 4.69) is 38.8 Å². The van der Waals surface area contributed by atoms with E-state index in [1.54, 1.807) is 18.5 Å². The van der Waals surface area contributed by atoms with Crippen molar-refractivity contribution in [3.8, 4) is 17.0 Å². The molecule has 5 rings (SSSR count). The van der Waals surface area contributed by atoms with E-state index in [-0.39, 0.29) is 0 Å². The molecule has 2 N–H and O–H groups in total. The maximum atomic E-state index is 6.57. The number of allylic oxidation sites excluding steroid dienone is 5. The minimum Gasteiger partial charge on any atom is -0.457 e. The summed E-state index contributed by atoms with van der Waals surface area (Å²) in [6.45, 7) is 0.569. The Hall–Kier alpha value is -4.09. The molecule has 4 aromatic rings. The maximum Gasteiger partial charge on any atom is 0.130 e. The molecule has 0 fully saturated rings. The van der Waals surface area contributed by atoms with E-state index in [0.717, 1.165) is 46.1 Å². The number of pyridine rings is 2. The summed E-state index contributed by atoms with van der Waals surface area (Å²) in [5.74, 6) is 2.02. The van der Waals surface area contributed by atoms with Gasteiger partial charge in [-0.15, -0.1) is 0 Å². The van der Waals surface area contributed by atoms with Crippen LogP contribution >= 0.6 is 11.6 Å². The molecule has 0 spiro atoms. The Morgan fingerprint density at radius 3 is 2.56 bits per heavy atom. The summed E-state index contributed by atoms with van der Waals surface area (Å²) in [6, 6.07) is 21.5. The molecule has 0 unspecified atom stereocenters. The number of halogens is 1. The lowest BCUT2D eigenvalue weighted by atomic mass is 10.1. The highest BCUT2D eigenvalue weighted by atomic mass is 35.5. The minimum absolute atomic E-state index is 0.503. The molecular formula is C28H23ClN4O. The van der Waals surface area contributed by atoms with Crippen LogP contribution in [0.4, 0.5) is 5.82 Å². The predicted molar refractivity (Wildman–Crippen MR) is 137 cm³/mol. The van der Waals surface area contributed by atoms with Gasteiger partial charge in [0.1, 0.15) is 17.3 Å². The van der Waals surface area contributed by atoms with Gasteiger partial charge < -0.3 is 15.0 Å². The second kappa shape index (κ2) is 9.81. The molecule has 1 aliphatic rings. The summed E-state index contributed by atoms with van der Waals surface area (Å²) in [4.78, 5) is 8.56. The third-order valence-electron chi connectivity index (χ3n) is 5.56. The standard InChI is InChI=1S/C28H23ClN4O/c29-25-9-2-1-8-24(25)27-14-13-26(33(27)19-21-6-4-10-28(30)32-21)20-5-3-7-22(12-11-20)34-23-15-17-31-18-16-23/h1-4,6-18H,5,19H2,(H2,30,32). The number of ether oxygens (including phenoxy) is 1. The van der Waals surface area contributed by atoms with E-state index in [9.17, 15) is 0 Å². The number of rotatable bonds is 6. The van der Waals surface area contributed by atoms with Gasteiger partial charge in [0.15, 0.2) is 0 Å². The highest BCUT2D eigenvalue weighted by Crippen LogP contribution is 2.33. The molecule has 0 bridgehead atoms. The number of nitrogens with two attached hydrogens (primary N) is 1. The van der Waals surface area contributed by atoms with Crippen molar-refractivity contribution in [1.82, 2.24) is 14.5 Å². The van der Waals surface area contributed by atoms with Crippen molar-refractivity contribution in [3.05, 3.63) is 126 Å². The molecule has 0 aliphatic heterocycles. The molecule has 0 atom stereocenters. The quantitative estimate of drug-likeness (QED) is 0.350. The van der Waals surface area contributed by atoms with Crippen molar-refractivity contribution in [3.63, 3.8) is 0 Å². The first-order chi connectivity index (χ1) is 16.7. The third-order valence-corrected chi connectivity index (χ3v) is 5.89. The van der Waals surface area contributed by atoms with Gasteiger partial charge in [-0.25, -0.2) is 4.98 Å². The normalized spacial score (nSPS) is 13.2. The highest BCUT2D eigenvalue weighted by Gasteiger charge is 2.16. The van der Waals surface area contributed by atoms with E-state index in [1.165, 1.54) is 0 Å². The lowest BCUT2D eigenvalue weighted by Crippen LogP contribution is -2.08. The number of anilines is 1. The Labute approximate surface area is 203 Å². The average molecular weight is 467 g/mol. The van der Waals surface area contributed by atoms with Crippen molar-refractivity contribution >= 4 is 23.0 Å². The maximum absolute atomic E-state index is 6.57. The Morgan fingerprint density at radius 1 is 0.912 bits per heavy atom. The molecule has 34 heavy (non-hydrogen) atoms. The second-order valence-corrected chi connectivity index (χ2v) is 8.28. The fourth-order valence-corrected chi connectivity index (χ4v) is 4.21. The number of hydrogen-bond acceptors (Lipinski definition) is 4. The molecule has 0 saturated carbocycles. The summed E-state index contributed by atoms with van der Waals surface area (Å²) >= 11 is 6.57. The highest BCUT2D eigenvalue weighted by molar-refractivity contribution is 6.33. The van der Waals surface area contributed by atoms with Gasteiger partial charge in [0.2, 0.25) is 0 Å². The zero-order chi connectivity index (χ0) is 23.3. The van der Waals surface area contributed by atoms with Crippen LogP contribution in [0.2, 0.25) is 5.02 Å². The van der Waals surface area contributed by atoms with E-state index >= 15 is 0 Å². The zero-order valence-electron chi connectivity index (χ0n) is 18.4. The molecule has 0 saturated heterocycles. The Balaban J connectivity index is 1.54. The van der Waals surface area contributed by atoms with Crippen molar-refractivity contribution < 1.29 is 4.74 Å². The number of hydrogen-bond donors (Lipinski definition) is 1. The molecule has 6 heteroatoms. The van der Waals surface area contributed by atoms with Gasteiger partial charge in [-0.1, -0.05) is 48.0 Å². The van der Waals surface area contributed by atoms with Crippen LogP contribution in [0.1, 0.15) is 17.8 Å².